The van der Waals surface area contributed by atoms with Crippen molar-refractivity contribution in [2.24, 2.45) is 0 Å². The fraction of sp³-hybridized carbons (Fsp3) is 0.409. The van der Waals surface area contributed by atoms with E-state index in [2.05, 4.69) is 5.32 Å². The van der Waals surface area contributed by atoms with Gasteiger partial charge in [0.05, 0.1) is 16.0 Å². The number of carbonyl (C=O) groups is 1. The molecule has 6 nitrogen and oxygen atoms in total. The largest absolute Gasteiger partial charge is 0.482 e. The number of sulfonamides is 1. The standard InChI is InChI=1S/C22H27ClN2O4S2/c1-16(17-6-8-18(30-2)9-7-17)24-22(26)15-29-21-11-10-19(14-20(21)23)31(27,28)25-12-4-3-5-13-25/h6-11,14,16H,3-5,12-13,15H2,1-2H3,(H,24,26)/t16-/m0/s1. The van der Waals surface area contributed by atoms with E-state index in [1.54, 1.807) is 11.8 Å². The van der Waals surface area contributed by atoms with Gasteiger partial charge >= 0.3 is 0 Å². The van der Waals surface area contributed by atoms with E-state index in [-0.39, 0.29) is 34.2 Å². The van der Waals surface area contributed by atoms with Gasteiger partial charge in [0, 0.05) is 18.0 Å². The van der Waals surface area contributed by atoms with Crippen molar-refractivity contribution in [1.29, 1.82) is 0 Å². The molecule has 1 N–H and O–H groups in total. The summed E-state index contributed by atoms with van der Waals surface area (Å²) in [5, 5.41) is 3.04. The van der Waals surface area contributed by atoms with Gasteiger partial charge in [-0.25, -0.2) is 8.42 Å². The summed E-state index contributed by atoms with van der Waals surface area (Å²) in [7, 11) is -3.57. The Balaban J connectivity index is 1.58. The molecule has 1 aliphatic heterocycles. The monoisotopic (exact) mass is 482 g/mol. The summed E-state index contributed by atoms with van der Waals surface area (Å²) in [4.78, 5) is 13.6. The van der Waals surface area contributed by atoms with Crippen LogP contribution in [0.15, 0.2) is 52.3 Å². The molecule has 2 aromatic carbocycles. The van der Waals surface area contributed by atoms with E-state index in [1.807, 2.05) is 37.4 Å². The molecule has 1 amide bonds. The molecule has 1 heterocycles. The highest BCUT2D eigenvalue weighted by Crippen LogP contribution is 2.29. The molecule has 0 radical (unpaired) electrons. The Morgan fingerprint density at radius 2 is 1.84 bits per heavy atom. The number of amides is 1. The van der Waals surface area contributed by atoms with E-state index in [0.717, 1.165) is 29.7 Å². The number of nitrogens with one attached hydrogen (secondary N) is 1. The molecule has 2 aromatic rings. The molecular formula is C22H27ClN2O4S2. The van der Waals surface area contributed by atoms with E-state index >= 15 is 0 Å². The number of hydrogen-bond acceptors (Lipinski definition) is 5. The van der Waals surface area contributed by atoms with Crippen molar-refractivity contribution in [1.82, 2.24) is 9.62 Å². The van der Waals surface area contributed by atoms with E-state index < -0.39 is 10.0 Å². The van der Waals surface area contributed by atoms with Crippen LogP contribution in [0.25, 0.3) is 0 Å². The van der Waals surface area contributed by atoms with Gasteiger partial charge in [0.1, 0.15) is 5.75 Å². The number of ether oxygens (including phenoxy) is 1. The fourth-order valence-corrected chi connectivity index (χ4v) is 5.67. The Morgan fingerprint density at radius 1 is 1.16 bits per heavy atom. The predicted octanol–water partition coefficient (Wildman–Crippen LogP) is 4.49. The Labute approximate surface area is 193 Å². The Kier molecular flexibility index (Phi) is 8.27. The molecule has 1 fully saturated rings. The third kappa shape index (κ3) is 6.16. The van der Waals surface area contributed by atoms with Crippen molar-refractivity contribution in [2.75, 3.05) is 26.0 Å². The second kappa shape index (κ2) is 10.7. The van der Waals surface area contributed by atoms with Crippen LogP contribution in [0.2, 0.25) is 5.02 Å². The molecule has 0 bridgehead atoms. The molecule has 168 valence electrons. The normalized spacial score (nSPS) is 16.0. The van der Waals surface area contributed by atoms with Crippen LogP contribution in [0.5, 0.6) is 5.75 Å². The molecule has 1 atom stereocenters. The molecule has 3 rings (SSSR count). The van der Waals surface area contributed by atoms with Crippen LogP contribution in [-0.4, -0.2) is 44.6 Å². The average molecular weight is 483 g/mol. The first-order valence-electron chi connectivity index (χ1n) is 10.2. The minimum absolute atomic E-state index is 0.138. The van der Waals surface area contributed by atoms with Gasteiger partial charge in [-0.1, -0.05) is 30.2 Å². The Hall–Kier alpha value is -1.74. The van der Waals surface area contributed by atoms with Gasteiger partial charge in [-0.15, -0.1) is 11.8 Å². The lowest BCUT2D eigenvalue weighted by Gasteiger charge is -2.26. The minimum atomic E-state index is -3.57. The number of rotatable bonds is 8. The number of hydrogen-bond donors (Lipinski definition) is 1. The van der Waals surface area contributed by atoms with Crippen LogP contribution in [0.3, 0.4) is 0 Å². The molecule has 0 spiro atoms. The number of carbonyl (C=O) groups excluding carboxylic acids is 1. The third-order valence-corrected chi connectivity index (χ3v) is 8.14. The molecule has 1 saturated heterocycles. The quantitative estimate of drug-likeness (QED) is 0.561. The van der Waals surface area contributed by atoms with E-state index in [1.165, 1.54) is 22.5 Å². The van der Waals surface area contributed by atoms with Gasteiger partial charge in [-0.05, 0) is 61.9 Å². The highest BCUT2D eigenvalue weighted by atomic mass is 35.5. The maximum absolute atomic E-state index is 12.8. The second-order valence-electron chi connectivity index (χ2n) is 7.41. The Morgan fingerprint density at radius 3 is 2.45 bits per heavy atom. The van der Waals surface area contributed by atoms with Crippen molar-refractivity contribution < 1.29 is 17.9 Å². The minimum Gasteiger partial charge on any atom is -0.482 e. The van der Waals surface area contributed by atoms with Crippen molar-refractivity contribution in [3.8, 4) is 5.75 Å². The van der Waals surface area contributed by atoms with Crippen LogP contribution >= 0.6 is 23.4 Å². The third-order valence-electron chi connectivity index (χ3n) is 5.21. The first-order valence-corrected chi connectivity index (χ1v) is 13.2. The van der Waals surface area contributed by atoms with Crippen molar-refractivity contribution >= 4 is 39.3 Å². The zero-order valence-corrected chi connectivity index (χ0v) is 20.0. The topological polar surface area (TPSA) is 75.7 Å². The van der Waals surface area contributed by atoms with Gasteiger partial charge in [0.2, 0.25) is 10.0 Å². The number of halogens is 1. The van der Waals surface area contributed by atoms with Crippen LogP contribution < -0.4 is 10.1 Å². The van der Waals surface area contributed by atoms with Crippen molar-refractivity contribution in [2.45, 2.75) is 42.0 Å². The SMILES string of the molecule is CSc1ccc([C@H](C)NC(=O)COc2ccc(S(=O)(=O)N3CCCCC3)cc2Cl)cc1. The number of benzene rings is 2. The van der Waals surface area contributed by atoms with E-state index in [9.17, 15) is 13.2 Å². The molecule has 9 heteroatoms. The van der Waals surface area contributed by atoms with Gasteiger partial charge in [-0.2, -0.15) is 4.31 Å². The lowest BCUT2D eigenvalue weighted by Crippen LogP contribution is -2.35. The highest BCUT2D eigenvalue weighted by molar-refractivity contribution is 7.98. The highest BCUT2D eigenvalue weighted by Gasteiger charge is 2.26. The smallest absolute Gasteiger partial charge is 0.258 e. The lowest BCUT2D eigenvalue weighted by molar-refractivity contribution is -0.123. The van der Waals surface area contributed by atoms with E-state index in [4.69, 9.17) is 16.3 Å². The van der Waals surface area contributed by atoms with Crippen molar-refractivity contribution in [3.63, 3.8) is 0 Å². The van der Waals surface area contributed by atoms with Crippen molar-refractivity contribution in [3.05, 3.63) is 53.1 Å². The predicted molar refractivity (Wildman–Crippen MR) is 124 cm³/mol. The molecular weight excluding hydrogens is 456 g/mol. The molecule has 0 unspecified atom stereocenters. The maximum atomic E-state index is 12.8. The summed E-state index contributed by atoms with van der Waals surface area (Å²) in [6.45, 7) is 2.73. The number of thioether (sulfide) groups is 1. The van der Waals surface area contributed by atoms with Gasteiger partial charge < -0.3 is 10.1 Å². The zero-order chi connectivity index (χ0) is 22.4. The van der Waals surface area contributed by atoms with Crippen LogP contribution in [-0.2, 0) is 14.8 Å². The summed E-state index contributed by atoms with van der Waals surface area (Å²) in [5.41, 5.74) is 0.997. The van der Waals surface area contributed by atoms with Gasteiger partial charge in [0.25, 0.3) is 5.91 Å². The molecule has 0 saturated carbocycles. The van der Waals surface area contributed by atoms with E-state index in [0.29, 0.717) is 13.1 Å². The summed E-state index contributed by atoms with van der Waals surface area (Å²) >= 11 is 7.91. The maximum Gasteiger partial charge on any atom is 0.258 e. The molecule has 31 heavy (non-hydrogen) atoms. The van der Waals surface area contributed by atoms with Crippen LogP contribution in [0.4, 0.5) is 0 Å². The first kappa shape index (κ1) is 23.9. The first-order chi connectivity index (χ1) is 14.8. The lowest BCUT2D eigenvalue weighted by atomic mass is 10.1. The van der Waals surface area contributed by atoms with Crippen LogP contribution in [0, 0.1) is 0 Å². The summed E-state index contributed by atoms with van der Waals surface area (Å²) in [6.07, 6.45) is 4.79. The average Bonchev–Trinajstić information content (AvgIpc) is 2.78. The molecule has 0 aliphatic carbocycles. The number of piperidine rings is 1. The van der Waals surface area contributed by atoms with Gasteiger partial charge in [0.15, 0.2) is 6.61 Å². The summed E-state index contributed by atoms with van der Waals surface area (Å²) in [5.74, 6) is -0.0195. The van der Waals surface area contributed by atoms with Crippen LogP contribution in [0.1, 0.15) is 37.8 Å². The fourth-order valence-electron chi connectivity index (χ4n) is 3.42. The second-order valence-corrected chi connectivity index (χ2v) is 10.6. The number of nitrogens with zero attached hydrogens (tertiary/aromatic N) is 1. The molecule has 0 aromatic heterocycles. The zero-order valence-electron chi connectivity index (χ0n) is 17.6. The summed E-state index contributed by atoms with van der Waals surface area (Å²) < 4.78 is 32.6. The summed E-state index contributed by atoms with van der Waals surface area (Å²) in [6, 6.07) is 12.2. The Bertz CT molecular complexity index is 1010. The van der Waals surface area contributed by atoms with Gasteiger partial charge in [-0.3, -0.25) is 4.79 Å². The molecule has 1 aliphatic rings.